The van der Waals surface area contributed by atoms with Gasteiger partial charge in [0.15, 0.2) is 6.10 Å². The predicted molar refractivity (Wildman–Crippen MR) is 122 cm³/mol. The molecule has 0 saturated carbocycles. The lowest BCUT2D eigenvalue weighted by Crippen LogP contribution is -2.49. The van der Waals surface area contributed by atoms with Crippen molar-refractivity contribution in [1.82, 2.24) is 10.2 Å². The Labute approximate surface area is 183 Å². The molecule has 0 aliphatic carbocycles. The fourth-order valence-electron chi connectivity index (χ4n) is 4.11. The lowest BCUT2D eigenvalue weighted by molar-refractivity contribution is -0.130. The second-order valence-corrected chi connectivity index (χ2v) is 8.19. The number of para-hydroxylation sites is 2. The average molecular weight is 423 g/mol. The Morgan fingerprint density at radius 2 is 1.87 bits per heavy atom. The number of aryl methyl sites for hydroxylation is 1. The summed E-state index contributed by atoms with van der Waals surface area (Å²) in [5.41, 5.74) is 4.63. The molecule has 0 aromatic heterocycles. The van der Waals surface area contributed by atoms with Gasteiger partial charge in [-0.2, -0.15) is 0 Å². The highest BCUT2D eigenvalue weighted by molar-refractivity contribution is 5.99. The van der Waals surface area contributed by atoms with E-state index >= 15 is 0 Å². The van der Waals surface area contributed by atoms with Crippen molar-refractivity contribution in [3.8, 4) is 5.75 Å². The van der Waals surface area contributed by atoms with Crippen molar-refractivity contribution >= 4 is 23.2 Å². The summed E-state index contributed by atoms with van der Waals surface area (Å²) < 4.78 is 5.69. The number of hydrogen-bond acceptors (Lipinski definition) is 5. The number of nitrogens with one attached hydrogen (secondary N) is 2. The Kier molecular flexibility index (Phi) is 6.42. The van der Waals surface area contributed by atoms with Crippen LogP contribution in [0.3, 0.4) is 0 Å². The molecular formula is C24H30N4O3. The normalized spacial score (nSPS) is 18.7. The number of carbonyl (C=O) groups is 2. The van der Waals surface area contributed by atoms with E-state index in [1.54, 1.807) is 12.1 Å². The fourth-order valence-corrected chi connectivity index (χ4v) is 4.11. The van der Waals surface area contributed by atoms with Crippen LogP contribution in [0.5, 0.6) is 5.75 Å². The van der Waals surface area contributed by atoms with Gasteiger partial charge < -0.3 is 20.3 Å². The summed E-state index contributed by atoms with van der Waals surface area (Å²) in [7, 11) is 0. The van der Waals surface area contributed by atoms with Crippen molar-refractivity contribution in [3.63, 3.8) is 0 Å². The molecule has 0 radical (unpaired) electrons. The molecule has 2 aliphatic heterocycles. The lowest BCUT2D eigenvalue weighted by Gasteiger charge is -2.37. The van der Waals surface area contributed by atoms with Crippen molar-refractivity contribution in [2.24, 2.45) is 0 Å². The molecule has 0 spiro atoms. The number of carbonyl (C=O) groups excluding carboxylic acids is 2. The Hall–Kier alpha value is -3.06. The molecule has 2 aliphatic rings. The highest BCUT2D eigenvalue weighted by Gasteiger charge is 2.29. The molecular weight excluding hydrogens is 392 g/mol. The van der Waals surface area contributed by atoms with Crippen LogP contribution in [-0.4, -0.2) is 62.1 Å². The van der Waals surface area contributed by atoms with Gasteiger partial charge in [-0.25, -0.2) is 0 Å². The summed E-state index contributed by atoms with van der Waals surface area (Å²) in [6.07, 6.45) is -0.781. The Morgan fingerprint density at radius 3 is 2.68 bits per heavy atom. The van der Waals surface area contributed by atoms with Crippen LogP contribution in [0, 0.1) is 13.8 Å². The van der Waals surface area contributed by atoms with E-state index in [2.05, 4.69) is 52.5 Å². The molecule has 2 amide bonds. The molecule has 2 aromatic rings. The van der Waals surface area contributed by atoms with E-state index in [0.717, 1.165) is 32.7 Å². The SMILES string of the molecule is Cc1cccc(N2CCN(CCNC(=O)CC3Oc4ccccc4NC3=O)CC2)c1C. The van der Waals surface area contributed by atoms with Crippen LogP contribution in [0.15, 0.2) is 42.5 Å². The van der Waals surface area contributed by atoms with Crippen LogP contribution in [0.1, 0.15) is 17.5 Å². The van der Waals surface area contributed by atoms with Gasteiger partial charge in [0.2, 0.25) is 5.91 Å². The molecule has 2 aromatic carbocycles. The first-order valence-electron chi connectivity index (χ1n) is 10.9. The van der Waals surface area contributed by atoms with Crippen molar-refractivity contribution in [2.45, 2.75) is 26.4 Å². The minimum Gasteiger partial charge on any atom is -0.478 e. The predicted octanol–water partition coefficient (Wildman–Crippen LogP) is 2.33. The Morgan fingerprint density at radius 1 is 1.10 bits per heavy atom. The molecule has 2 N–H and O–H groups in total. The van der Waals surface area contributed by atoms with Crippen LogP contribution in [0.4, 0.5) is 11.4 Å². The number of ether oxygens (including phenoxy) is 1. The van der Waals surface area contributed by atoms with Crippen LogP contribution >= 0.6 is 0 Å². The number of nitrogens with zero attached hydrogens (tertiary/aromatic N) is 2. The smallest absolute Gasteiger partial charge is 0.266 e. The molecule has 7 nitrogen and oxygen atoms in total. The van der Waals surface area contributed by atoms with E-state index in [1.165, 1.54) is 16.8 Å². The van der Waals surface area contributed by atoms with Crippen LogP contribution in [0.2, 0.25) is 0 Å². The standard InChI is InChI=1S/C24H30N4O3/c1-17-6-5-8-20(18(17)2)28-14-12-27(13-15-28)11-10-25-23(29)16-22-24(30)26-19-7-3-4-9-21(19)31-22/h3-9,22H,10-16H2,1-2H3,(H,25,29)(H,26,30). The molecule has 2 heterocycles. The third-order valence-corrected chi connectivity index (χ3v) is 6.12. The summed E-state index contributed by atoms with van der Waals surface area (Å²) in [6, 6.07) is 13.7. The number of hydrogen-bond donors (Lipinski definition) is 2. The monoisotopic (exact) mass is 422 g/mol. The number of rotatable bonds is 6. The number of anilines is 2. The second-order valence-electron chi connectivity index (χ2n) is 8.19. The molecule has 1 atom stereocenters. The first-order chi connectivity index (χ1) is 15.0. The maximum absolute atomic E-state index is 12.3. The molecule has 31 heavy (non-hydrogen) atoms. The van der Waals surface area contributed by atoms with Crippen LogP contribution in [-0.2, 0) is 9.59 Å². The highest BCUT2D eigenvalue weighted by atomic mass is 16.5. The molecule has 4 rings (SSSR count). The lowest BCUT2D eigenvalue weighted by atomic mass is 10.1. The minimum atomic E-state index is -0.795. The summed E-state index contributed by atoms with van der Waals surface area (Å²) in [5.74, 6) is 0.145. The third-order valence-electron chi connectivity index (χ3n) is 6.12. The van der Waals surface area contributed by atoms with E-state index in [-0.39, 0.29) is 18.2 Å². The number of piperazine rings is 1. The van der Waals surface area contributed by atoms with Crippen molar-refractivity contribution < 1.29 is 14.3 Å². The zero-order valence-corrected chi connectivity index (χ0v) is 18.2. The van der Waals surface area contributed by atoms with Gasteiger partial charge in [0, 0.05) is 45.0 Å². The quantitative estimate of drug-likeness (QED) is 0.748. The van der Waals surface area contributed by atoms with Gasteiger partial charge in [-0.05, 0) is 43.2 Å². The van der Waals surface area contributed by atoms with Gasteiger partial charge in [-0.15, -0.1) is 0 Å². The fraction of sp³-hybridized carbons (Fsp3) is 0.417. The largest absolute Gasteiger partial charge is 0.478 e. The van der Waals surface area contributed by atoms with Gasteiger partial charge in [0.25, 0.3) is 5.91 Å². The molecule has 1 saturated heterocycles. The molecule has 7 heteroatoms. The first kappa shape index (κ1) is 21.2. The van der Waals surface area contributed by atoms with Crippen molar-refractivity contribution in [1.29, 1.82) is 0 Å². The summed E-state index contributed by atoms with van der Waals surface area (Å²) >= 11 is 0. The number of fused-ring (bicyclic) bond motifs is 1. The Balaban J connectivity index is 1.19. The topological polar surface area (TPSA) is 73.9 Å². The van der Waals surface area contributed by atoms with Crippen molar-refractivity contribution in [3.05, 3.63) is 53.6 Å². The highest BCUT2D eigenvalue weighted by Crippen LogP contribution is 2.29. The van der Waals surface area contributed by atoms with Gasteiger partial charge in [-0.3, -0.25) is 14.5 Å². The minimum absolute atomic E-state index is 0.0145. The van der Waals surface area contributed by atoms with E-state index in [9.17, 15) is 9.59 Å². The first-order valence-corrected chi connectivity index (χ1v) is 10.9. The van der Waals surface area contributed by atoms with E-state index in [0.29, 0.717) is 18.0 Å². The van der Waals surface area contributed by atoms with E-state index in [4.69, 9.17) is 4.74 Å². The third kappa shape index (κ3) is 4.99. The van der Waals surface area contributed by atoms with E-state index in [1.807, 2.05) is 12.1 Å². The molecule has 164 valence electrons. The van der Waals surface area contributed by atoms with Crippen molar-refractivity contribution in [2.75, 3.05) is 49.5 Å². The molecule has 0 bridgehead atoms. The zero-order chi connectivity index (χ0) is 21.8. The average Bonchev–Trinajstić information content (AvgIpc) is 2.77. The van der Waals surface area contributed by atoms with Crippen LogP contribution in [0.25, 0.3) is 0 Å². The number of amides is 2. The van der Waals surface area contributed by atoms with Gasteiger partial charge in [0.05, 0.1) is 12.1 Å². The maximum Gasteiger partial charge on any atom is 0.266 e. The van der Waals surface area contributed by atoms with Gasteiger partial charge in [0.1, 0.15) is 5.75 Å². The number of benzene rings is 2. The molecule has 1 unspecified atom stereocenters. The van der Waals surface area contributed by atoms with Gasteiger partial charge in [-0.1, -0.05) is 24.3 Å². The molecule has 1 fully saturated rings. The summed E-state index contributed by atoms with van der Waals surface area (Å²) in [4.78, 5) is 29.3. The summed E-state index contributed by atoms with van der Waals surface area (Å²) in [5, 5.41) is 5.72. The Bertz CT molecular complexity index is 954. The van der Waals surface area contributed by atoms with E-state index < -0.39 is 6.10 Å². The maximum atomic E-state index is 12.3. The zero-order valence-electron chi connectivity index (χ0n) is 18.2. The summed E-state index contributed by atoms with van der Waals surface area (Å²) in [6.45, 7) is 9.59. The van der Waals surface area contributed by atoms with Gasteiger partial charge >= 0.3 is 0 Å². The van der Waals surface area contributed by atoms with Crippen LogP contribution < -0.4 is 20.3 Å². The second kappa shape index (κ2) is 9.39.